The van der Waals surface area contributed by atoms with E-state index >= 15 is 0 Å². The number of urea groups is 1. The van der Waals surface area contributed by atoms with Crippen LogP contribution in [0.1, 0.15) is 24.2 Å². The maximum absolute atomic E-state index is 12.6. The molecule has 1 aromatic rings. The van der Waals surface area contributed by atoms with Crippen LogP contribution in [0.25, 0.3) is 0 Å². The van der Waals surface area contributed by atoms with Gasteiger partial charge in [-0.1, -0.05) is 12.2 Å². The fourth-order valence-corrected chi connectivity index (χ4v) is 2.57. The summed E-state index contributed by atoms with van der Waals surface area (Å²) in [5.41, 5.74) is 1.28. The summed E-state index contributed by atoms with van der Waals surface area (Å²) in [6.07, 6.45) is 2.99. The van der Waals surface area contributed by atoms with Crippen LogP contribution in [0.3, 0.4) is 0 Å². The average molecular weight is 371 g/mol. The van der Waals surface area contributed by atoms with Crippen LogP contribution in [0.15, 0.2) is 48.7 Å². The van der Waals surface area contributed by atoms with Crippen LogP contribution in [0.5, 0.6) is 0 Å². The Kier molecular flexibility index (Phi) is 6.48. The minimum atomic E-state index is -1.18. The Balaban J connectivity index is 2.20. The van der Waals surface area contributed by atoms with E-state index in [9.17, 15) is 19.2 Å². The quantitative estimate of drug-likeness (QED) is 0.432. The number of allylic oxidation sites excluding steroid dienone is 1. The SMILES string of the molecule is C=CCN1C(=O)NC(=O)[C@H](/C(=C\C)Nc2ccc(C(=O)OCC)cc2)C1=O. The molecule has 1 fully saturated rings. The van der Waals surface area contributed by atoms with Crippen molar-refractivity contribution in [2.45, 2.75) is 13.8 Å². The van der Waals surface area contributed by atoms with E-state index in [1.165, 1.54) is 6.08 Å². The molecule has 0 spiro atoms. The van der Waals surface area contributed by atoms with Crippen molar-refractivity contribution in [2.75, 3.05) is 18.5 Å². The second kappa shape index (κ2) is 8.79. The molecule has 1 aromatic carbocycles. The van der Waals surface area contributed by atoms with Crippen molar-refractivity contribution < 1.29 is 23.9 Å². The summed E-state index contributed by atoms with van der Waals surface area (Å²) in [5, 5.41) is 5.17. The Morgan fingerprint density at radius 3 is 2.52 bits per heavy atom. The number of ether oxygens (including phenoxy) is 1. The van der Waals surface area contributed by atoms with E-state index in [2.05, 4.69) is 17.2 Å². The average Bonchev–Trinajstić information content (AvgIpc) is 2.64. The van der Waals surface area contributed by atoms with Gasteiger partial charge in [0.25, 0.3) is 0 Å². The number of anilines is 1. The summed E-state index contributed by atoms with van der Waals surface area (Å²) in [6, 6.07) is 5.64. The number of hydrogen-bond donors (Lipinski definition) is 2. The molecule has 0 unspecified atom stereocenters. The van der Waals surface area contributed by atoms with Crippen LogP contribution in [0.2, 0.25) is 0 Å². The summed E-state index contributed by atoms with van der Waals surface area (Å²) < 4.78 is 4.92. The summed E-state index contributed by atoms with van der Waals surface area (Å²) in [4.78, 5) is 49.3. The summed E-state index contributed by atoms with van der Waals surface area (Å²) in [7, 11) is 0. The summed E-state index contributed by atoms with van der Waals surface area (Å²) in [5.74, 6) is -2.95. The maximum Gasteiger partial charge on any atom is 0.338 e. The normalized spacial score (nSPS) is 17.4. The van der Waals surface area contributed by atoms with Gasteiger partial charge in [0.05, 0.1) is 12.2 Å². The van der Waals surface area contributed by atoms with E-state index in [0.717, 1.165) is 4.90 Å². The number of rotatable bonds is 7. The van der Waals surface area contributed by atoms with Crippen LogP contribution in [0, 0.1) is 5.92 Å². The molecule has 4 amide bonds. The highest BCUT2D eigenvalue weighted by molar-refractivity contribution is 6.18. The standard InChI is InChI=1S/C19H21N3O5/c1-4-11-22-17(24)15(16(23)21-19(22)26)14(5-2)20-13-9-7-12(8-10-13)18(25)27-6-3/h4-5,7-10,15,20H,1,6,11H2,2-3H3,(H,21,23,26)/b14-5+/t15-/m0/s1. The monoisotopic (exact) mass is 371 g/mol. The number of barbiturate groups is 1. The third-order valence-electron chi connectivity index (χ3n) is 3.87. The predicted octanol–water partition coefficient (Wildman–Crippen LogP) is 2.06. The summed E-state index contributed by atoms with van der Waals surface area (Å²) >= 11 is 0. The van der Waals surface area contributed by atoms with Gasteiger partial charge in [0.15, 0.2) is 5.92 Å². The van der Waals surface area contributed by atoms with E-state index in [1.54, 1.807) is 44.2 Å². The van der Waals surface area contributed by atoms with E-state index in [4.69, 9.17) is 4.74 Å². The lowest BCUT2D eigenvalue weighted by atomic mass is 9.99. The number of nitrogens with one attached hydrogen (secondary N) is 2. The van der Waals surface area contributed by atoms with Gasteiger partial charge in [0, 0.05) is 17.9 Å². The highest BCUT2D eigenvalue weighted by atomic mass is 16.5. The lowest BCUT2D eigenvalue weighted by Gasteiger charge is -2.31. The van der Waals surface area contributed by atoms with E-state index < -0.39 is 29.7 Å². The first kappa shape index (κ1) is 19.9. The molecular weight excluding hydrogens is 350 g/mol. The molecule has 8 nitrogen and oxygen atoms in total. The molecule has 1 heterocycles. The van der Waals surface area contributed by atoms with Crippen LogP contribution in [-0.4, -0.2) is 41.9 Å². The molecule has 1 aliphatic rings. The van der Waals surface area contributed by atoms with Crippen LogP contribution < -0.4 is 10.6 Å². The predicted molar refractivity (Wildman–Crippen MR) is 98.7 cm³/mol. The van der Waals surface area contributed by atoms with Gasteiger partial charge < -0.3 is 10.1 Å². The van der Waals surface area contributed by atoms with E-state index in [0.29, 0.717) is 16.9 Å². The van der Waals surface area contributed by atoms with Crippen molar-refractivity contribution in [3.05, 3.63) is 54.3 Å². The van der Waals surface area contributed by atoms with Crippen molar-refractivity contribution in [2.24, 2.45) is 5.92 Å². The van der Waals surface area contributed by atoms with Gasteiger partial charge in [-0.25, -0.2) is 9.59 Å². The zero-order chi connectivity index (χ0) is 20.0. The number of hydrogen-bond acceptors (Lipinski definition) is 6. The molecule has 2 rings (SSSR count). The molecule has 0 bridgehead atoms. The Hall–Kier alpha value is -3.42. The minimum Gasteiger partial charge on any atom is -0.462 e. The molecule has 0 saturated carbocycles. The van der Waals surface area contributed by atoms with Crippen LogP contribution >= 0.6 is 0 Å². The number of amides is 4. The van der Waals surface area contributed by atoms with Crippen molar-refractivity contribution in [3.8, 4) is 0 Å². The highest BCUT2D eigenvalue weighted by Gasteiger charge is 2.42. The fourth-order valence-electron chi connectivity index (χ4n) is 2.57. The van der Waals surface area contributed by atoms with Crippen molar-refractivity contribution in [3.63, 3.8) is 0 Å². The number of carbonyl (C=O) groups excluding carboxylic acids is 4. The molecule has 1 saturated heterocycles. The minimum absolute atomic E-state index is 0.000319. The number of nitrogens with zero attached hydrogens (tertiary/aromatic N) is 1. The van der Waals surface area contributed by atoms with Gasteiger partial charge in [-0.05, 0) is 38.1 Å². The first-order valence-electron chi connectivity index (χ1n) is 8.40. The molecule has 142 valence electrons. The lowest BCUT2D eigenvalue weighted by Crippen LogP contribution is -2.58. The molecule has 8 heteroatoms. The molecule has 2 N–H and O–H groups in total. The molecule has 1 atom stereocenters. The molecule has 0 radical (unpaired) electrons. The largest absolute Gasteiger partial charge is 0.462 e. The Labute approximate surface area is 156 Å². The fraction of sp³-hybridized carbons (Fsp3) is 0.263. The molecular formula is C19H21N3O5. The van der Waals surface area contributed by atoms with Crippen LogP contribution in [-0.2, 0) is 14.3 Å². The first-order valence-corrected chi connectivity index (χ1v) is 8.40. The molecule has 0 aliphatic carbocycles. The van der Waals surface area contributed by atoms with Crippen molar-refractivity contribution in [1.29, 1.82) is 0 Å². The molecule has 27 heavy (non-hydrogen) atoms. The second-order valence-corrected chi connectivity index (χ2v) is 5.63. The zero-order valence-corrected chi connectivity index (χ0v) is 15.2. The zero-order valence-electron chi connectivity index (χ0n) is 15.2. The third-order valence-corrected chi connectivity index (χ3v) is 3.87. The topological polar surface area (TPSA) is 105 Å². The summed E-state index contributed by atoms with van der Waals surface area (Å²) in [6.45, 7) is 7.18. The van der Waals surface area contributed by atoms with E-state index in [1.807, 2.05) is 0 Å². The second-order valence-electron chi connectivity index (χ2n) is 5.63. The molecule has 1 aliphatic heterocycles. The van der Waals surface area contributed by atoms with Crippen molar-refractivity contribution in [1.82, 2.24) is 10.2 Å². The third kappa shape index (κ3) is 4.41. The van der Waals surface area contributed by atoms with E-state index in [-0.39, 0.29) is 13.2 Å². The smallest absolute Gasteiger partial charge is 0.338 e. The Bertz CT molecular complexity index is 798. The molecule has 0 aromatic heterocycles. The van der Waals surface area contributed by atoms with Gasteiger partial charge >= 0.3 is 12.0 Å². The maximum atomic E-state index is 12.6. The Morgan fingerprint density at radius 2 is 1.96 bits per heavy atom. The van der Waals surface area contributed by atoms with Gasteiger partial charge in [-0.3, -0.25) is 19.8 Å². The van der Waals surface area contributed by atoms with Gasteiger partial charge in [-0.15, -0.1) is 6.58 Å². The number of benzene rings is 1. The van der Waals surface area contributed by atoms with Crippen molar-refractivity contribution >= 4 is 29.5 Å². The first-order chi connectivity index (χ1) is 12.9. The van der Waals surface area contributed by atoms with Crippen LogP contribution in [0.4, 0.5) is 10.5 Å². The number of imide groups is 2. The highest BCUT2D eigenvalue weighted by Crippen LogP contribution is 2.22. The number of esters is 1. The van der Waals surface area contributed by atoms with Gasteiger partial charge in [-0.2, -0.15) is 0 Å². The Morgan fingerprint density at radius 1 is 1.30 bits per heavy atom. The number of carbonyl (C=O) groups is 4. The van der Waals surface area contributed by atoms with Gasteiger partial charge in [0.2, 0.25) is 11.8 Å². The van der Waals surface area contributed by atoms with Gasteiger partial charge in [0.1, 0.15) is 0 Å². The lowest BCUT2D eigenvalue weighted by molar-refractivity contribution is -0.140.